The number of ether oxygens (including phenoxy) is 1. The first-order chi connectivity index (χ1) is 14.5. The van der Waals surface area contributed by atoms with Crippen LogP contribution in [0.5, 0.6) is 0 Å². The van der Waals surface area contributed by atoms with Gasteiger partial charge in [-0.3, -0.25) is 4.79 Å². The van der Waals surface area contributed by atoms with Gasteiger partial charge in [-0.15, -0.1) is 0 Å². The zero-order valence-corrected chi connectivity index (χ0v) is 17.9. The van der Waals surface area contributed by atoms with E-state index in [-0.39, 0.29) is 16.3 Å². The highest BCUT2D eigenvalue weighted by molar-refractivity contribution is 7.98. The lowest BCUT2D eigenvalue weighted by molar-refractivity contribution is 0.0602. The van der Waals surface area contributed by atoms with Gasteiger partial charge in [0.25, 0.3) is 5.91 Å². The minimum atomic E-state index is -0.562. The predicted octanol–water partition coefficient (Wildman–Crippen LogP) is 4.50. The summed E-state index contributed by atoms with van der Waals surface area (Å²) in [4.78, 5) is 33.6. The summed E-state index contributed by atoms with van der Waals surface area (Å²) in [5.74, 6) is -0.802. The first-order valence-electron chi connectivity index (χ1n) is 8.91. The second kappa shape index (κ2) is 10.1. The third kappa shape index (κ3) is 5.08. The van der Waals surface area contributed by atoms with Crippen molar-refractivity contribution in [2.45, 2.75) is 11.7 Å². The van der Waals surface area contributed by atoms with Gasteiger partial charge in [0, 0.05) is 6.54 Å². The van der Waals surface area contributed by atoms with E-state index >= 15 is 0 Å². The van der Waals surface area contributed by atoms with Crippen molar-refractivity contribution in [3.05, 3.63) is 76.4 Å². The van der Waals surface area contributed by atoms with Gasteiger partial charge in [0.15, 0.2) is 5.16 Å². The number of benzene rings is 2. The van der Waals surface area contributed by atoms with Gasteiger partial charge in [-0.2, -0.15) is 0 Å². The number of halogens is 1. The molecule has 0 aliphatic heterocycles. The summed E-state index contributed by atoms with van der Waals surface area (Å²) in [6.45, 7) is 0.445. The van der Waals surface area contributed by atoms with Crippen molar-refractivity contribution in [2.75, 3.05) is 24.0 Å². The number of amides is 1. The molecule has 0 aliphatic rings. The Balaban J connectivity index is 1.92. The first-order valence-corrected chi connectivity index (χ1v) is 10.5. The number of anilines is 2. The largest absolute Gasteiger partial charge is 0.465 e. The Labute approximate surface area is 183 Å². The van der Waals surface area contributed by atoms with Crippen LogP contribution in [0.15, 0.2) is 59.8 Å². The Kier molecular flexibility index (Phi) is 7.26. The third-order valence-corrected chi connectivity index (χ3v) is 4.96. The highest BCUT2D eigenvalue weighted by Gasteiger charge is 2.22. The molecule has 3 rings (SSSR count). The van der Waals surface area contributed by atoms with Crippen molar-refractivity contribution in [3.63, 3.8) is 0 Å². The number of methoxy groups -OCH3 is 1. The van der Waals surface area contributed by atoms with Gasteiger partial charge in [0.05, 0.1) is 18.4 Å². The average molecular weight is 443 g/mol. The monoisotopic (exact) mass is 442 g/mol. The molecule has 0 radical (unpaired) electrons. The molecular weight excluding hydrogens is 424 g/mol. The number of carbonyl (C=O) groups excluding carboxylic acids is 2. The van der Waals surface area contributed by atoms with Crippen LogP contribution in [0.1, 0.15) is 26.3 Å². The molecule has 0 aliphatic carbocycles. The maximum Gasteiger partial charge on any atom is 0.339 e. The van der Waals surface area contributed by atoms with Crippen LogP contribution in [0.25, 0.3) is 0 Å². The quantitative estimate of drug-likeness (QED) is 0.241. The van der Waals surface area contributed by atoms with Crippen LogP contribution in [0.3, 0.4) is 0 Å². The maximum absolute atomic E-state index is 13.1. The van der Waals surface area contributed by atoms with Crippen LogP contribution in [0.4, 0.5) is 11.5 Å². The van der Waals surface area contributed by atoms with E-state index in [1.807, 2.05) is 36.6 Å². The first kappa shape index (κ1) is 21.6. The molecule has 7 nitrogen and oxygen atoms in total. The lowest BCUT2D eigenvalue weighted by Crippen LogP contribution is -2.19. The van der Waals surface area contributed by atoms with E-state index in [1.54, 1.807) is 24.3 Å². The summed E-state index contributed by atoms with van der Waals surface area (Å²) in [5, 5.41) is 6.31. The van der Waals surface area contributed by atoms with Crippen molar-refractivity contribution in [2.24, 2.45) is 0 Å². The number of thioether (sulfide) groups is 1. The number of hydrogen-bond donors (Lipinski definition) is 2. The van der Waals surface area contributed by atoms with Gasteiger partial charge in [0.2, 0.25) is 0 Å². The Hall–Kier alpha value is -3.10. The van der Waals surface area contributed by atoms with Crippen molar-refractivity contribution in [3.8, 4) is 0 Å². The smallest absolute Gasteiger partial charge is 0.339 e. The van der Waals surface area contributed by atoms with Crippen LogP contribution in [0, 0.1) is 0 Å². The Morgan fingerprint density at radius 3 is 2.47 bits per heavy atom. The number of aromatic nitrogens is 2. The second-order valence-electron chi connectivity index (χ2n) is 6.06. The van der Waals surface area contributed by atoms with E-state index in [0.29, 0.717) is 23.2 Å². The summed E-state index contributed by atoms with van der Waals surface area (Å²) in [6.07, 6.45) is 1.82. The Bertz CT molecular complexity index is 1060. The van der Waals surface area contributed by atoms with Gasteiger partial charge < -0.3 is 15.4 Å². The van der Waals surface area contributed by atoms with Crippen LogP contribution >= 0.6 is 23.4 Å². The van der Waals surface area contributed by atoms with Crippen molar-refractivity contribution < 1.29 is 14.3 Å². The fourth-order valence-electron chi connectivity index (χ4n) is 2.68. The zero-order chi connectivity index (χ0) is 21.5. The molecule has 0 fully saturated rings. The van der Waals surface area contributed by atoms with Gasteiger partial charge in [-0.25, -0.2) is 14.8 Å². The number of carbonyl (C=O) groups is 2. The van der Waals surface area contributed by atoms with E-state index in [2.05, 4.69) is 20.6 Å². The summed E-state index contributed by atoms with van der Waals surface area (Å²) < 4.78 is 4.77. The maximum atomic E-state index is 13.1. The minimum Gasteiger partial charge on any atom is -0.465 e. The van der Waals surface area contributed by atoms with Gasteiger partial charge in [-0.1, -0.05) is 65.8 Å². The molecular formula is C21H19ClN4O3S. The third-order valence-electron chi connectivity index (χ3n) is 4.14. The second-order valence-corrected chi connectivity index (χ2v) is 7.19. The van der Waals surface area contributed by atoms with Crippen molar-refractivity contribution >= 4 is 46.7 Å². The standard InChI is InChI=1S/C21H19ClN4O3S/c1-29-20(28)14-10-6-7-11-15(14)24-19(27)16-17(22)25-21(30-2)26-18(16)23-12-13-8-4-3-5-9-13/h3-11H,12H2,1-2H3,(H,24,27)(H,23,25,26). The number of para-hydroxylation sites is 1. The number of rotatable bonds is 7. The fraction of sp³-hybridized carbons (Fsp3) is 0.143. The lowest BCUT2D eigenvalue weighted by Gasteiger charge is -2.15. The summed E-state index contributed by atoms with van der Waals surface area (Å²) in [6, 6.07) is 16.2. The zero-order valence-electron chi connectivity index (χ0n) is 16.3. The number of nitrogens with zero attached hydrogens (tertiary/aromatic N) is 2. The molecule has 0 bridgehead atoms. The molecule has 154 valence electrons. The average Bonchev–Trinajstić information content (AvgIpc) is 2.77. The molecule has 0 unspecified atom stereocenters. The molecule has 9 heteroatoms. The molecule has 2 aromatic carbocycles. The van der Waals surface area contributed by atoms with E-state index in [9.17, 15) is 9.59 Å². The van der Waals surface area contributed by atoms with E-state index in [4.69, 9.17) is 16.3 Å². The normalized spacial score (nSPS) is 10.4. The molecule has 1 heterocycles. The topological polar surface area (TPSA) is 93.2 Å². The van der Waals surface area contributed by atoms with Crippen LogP contribution in [-0.4, -0.2) is 35.2 Å². The van der Waals surface area contributed by atoms with Crippen LogP contribution < -0.4 is 10.6 Å². The number of nitrogens with one attached hydrogen (secondary N) is 2. The van der Waals surface area contributed by atoms with Crippen LogP contribution in [0.2, 0.25) is 5.15 Å². The molecule has 0 spiro atoms. The number of esters is 1. The van der Waals surface area contributed by atoms with E-state index in [0.717, 1.165) is 5.56 Å². The summed E-state index contributed by atoms with van der Waals surface area (Å²) >= 11 is 7.64. The van der Waals surface area contributed by atoms with E-state index < -0.39 is 11.9 Å². The Morgan fingerprint density at radius 1 is 1.07 bits per heavy atom. The summed E-state index contributed by atoms with van der Waals surface area (Å²) in [5.41, 5.74) is 1.63. The number of hydrogen-bond acceptors (Lipinski definition) is 7. The highest BCUT2D eigenvalue weighted by atomic mass is 35.5. The summed E-state index contributed by atoms with van der Waals surface area (Å²) in [7, 11) is 1.28. The van der Waals surface area contributed by atoms with E-state index in [1.165, 1.54) is 18.9 Å². The Morgan fingerprint density at radius 2 is 1.77 bits per heavy atom. The fourth-order valence-corrected chi connectivity index (χ4v) is 3.35. The lowest BCUT2D eigenvalue weighted by atomic mass is 10.1. The molecule has 1 aromatic heterocycles. The molecule has 0 saturated carbocycles. The molecule has 2 N–H and O–H groups in total. The molecule has 0 atom stereocenters. The SMILES string of the molecule is COC(=O)c1ccccc1NC(=O)c1c(Cl)nc(SC)nc1NCc1ccccc1. The molecule has 30 heavy (non-hydrogen) atoms. The van der Waals surface area contributed by atoms with Crippen molar-refractivity contribution in [1.29, 1.82) is 0 Å². The van der Waals surface area contributed by atoms with Crippen LogP contribution in [-0.2, 0) is 11.3 Å². The van der Waals surface area contributed by atoms with Gasteiger partial charge in [-0.05, 0) is 24.0 Å². The van der Waals surface area contributed by atoms with Crippen molar-refractivity contribution in [1.82, 2.24) is 9.97 Å². The molecule has 3 aromatic rings. The van der Waals surface area contributed by atoms with Gasteiger partial charge >= 0.3 is 5.97 Å². The van der Waals surface area contributed by atoms with Gasteiger partial charge in [0.1, 0.15) is 16.5 Å². The molecule has 1 amide bonds. The molecule has 0 saturated heterocycles. The highest BCUT2D eigenvalue weighted by Crippen LogP contribution is 2.27. The minimum absolute atomic E-state index is 0.0120. The predicted molar refractivity (Wildman–Crippen MR) is 118 cm³/mol.